The smallest absolute Gasteiger partial charge is 0.0159 e. The molecule has 0 fully saturated rings. The summed E-state index contributed by atoms with van der Waals surface area (Å²) in [6, 6.07) is 105. The lowest BCUT2D eigenvalue weighted by atomic mass is 9.79. The molecule has 0 bridgehead atoms. The zero-order valence-electron chi connectivity index (χ0n) is 46.6. The molecule has 2 aliphatic carbocycles. The lowest BCUT2D eigenvalue weighted by Crippen LogP contribution is -2.15. The van der Waals surface area contributed by atoms with Gasteiger partial charge in [0.1, 0.15) is 0 Å². The highest BCUT2D eigenvalue weighted by molar-refractivity contribution is 6.04. The average molecular weight is 1040 g/mol. The van der Waals surface area contributed by atoms with Crippen LogP contribution in [0.25, 0.3) is 143 Å². The van der Waals surface area contributed by atoms with Crippen LogP contribution in [0.4, 0.5) is 0 Å². The van der Waals surface area contributed by atoms with Crippen molar-refractivity contribution in [2.24, 2.45) is 0 Å². The van der Waals surface area contributed by atoms with Crippen molar-refractivity contribution in [1.29, 1.82) is 0 Å². The van der Waals surface area contributed by atoms with Crippen molar-refractivity contribution in [3.63, 3.8) is 0 Å². The maximum atomic E-state index is 2.49. The molecule has 0 atom stereocenters. The third kappa shape index (κ3) is 7.59. The molecular formula is C82H58. The highest BCUT2D eigenvalue weighted by Gasteiger charge is 2.38. The first kappa shape index (κ1) is 48.1. The topological polar surface area (TPSA) is 0 Å². The molecule has 2 aliphatic rings. The third-order valence-corrected chi connectivity index (χ3v) is 18.6. The second kappa shape index (κ2) is 18.3. The van der Waals surface area contributed by atoms with Gasteiger partial charge >= 0.3 is 0 Å². The average Bonchev–Trinajstić information content (AvgIpc) is 4.16. The molecule has 0 amide bonds. The summed E-state index contributed by atoms with van der Waals surface area (Å²) in [4.78, 5) is 0. The van der Waals surface area contributed by atoms with Gasteiger partial charge in [0.25, 0.3) is 0 Å². The van der Waals surface area contributed by atoms with Crippen LogP contribution in [0, 0.1) is 0 Å². The van der Waals surface area contributed by atoms with Crippen LogP contribution in [0.1, 0.15) is 49.9 Å². The highest BCUT2D eigenvalue weighted by Crippen LogP contribution is 2.54. The zero-order chi connectivity index (χ0) is 54.8. The second-order valence-corrected chi connectivity index (χ2v) is 24.0. The summed E-state index contributed by atoms with van der Waals surface area (Å²) >= 11 is 0. The summed E-state index contributed by atoms with van der Waals surface area (Å²) in [5.74, 6) is 0. The first-order valence-electron chi connectivity index (χ1n) is 29.0. The van der Waals surface area contributed by atoms with Crippen LogP contribution in [0.3, 0.4) is 0 Å². The van der Waals surface area contributed by atoms with Crippen LogP contribution in [-0.2, 0) is 10.8 Å². The monoisotopic (exact) mass is 1040 g/mol. The Hall–Kier alpha value is -9.88. The molecule has 0 aliphatic heterocycles. The van der Waals surface area contributed by atoms with E-state index in [0.29, 0.717) is 0 Å². The molecule has 14 aromatic carbocycles. The van der Waals surface area contributed by atoms with Gasteiger partial charge in [0, 0.05) is 10.8 Å². The molecule has 386 valence electrons. The minimum Gasteiger partial charge on any atom is -0.0616 e. The van der Waals surface area contributed by atoms with Crippen molar-refractivity contribution in [3.8, 4) is 100 Å². The van der Waals surface area contributed by atoms with Crippen LogP contribution in [0.2, 0.25) is 0 Å². The van der Waals surface area contributed by atoms with E-state index in [1.807, 2.05) is 0 Å². The van der Waals surface area contributed by atoms with E-state index in [1.165, 1.54) is 165 Å². The molecule has 0 heteroatoms. The first-order valence-corrected chi connectivity index (χ1v) is 29.0. The van der Waals surface area contributed by atoms with Crippen LogP contribution in [-0.4, -0.2) is 0 Å². The van der Waals surface area contributed by atoms with Gasteiger partial charge in [-0.2, -0.15) is 0 Å². The first-order chi connectivity index (χ1) is 40.1. The van der Waals surface area contributed by atoms with Gasteiger partial charge in [-0.05, 0) is 226 Å². The van der Waals surface area contributed by atoms with Crippen molar-refractivity contribution in [2.75, 3.05) is 0 Å². The summed E-state index contributed by atoms with van der Waals surface area (Å²) in [6.45, 7) is 9.67. The number of hydrogen-bond acceptors (Lipinski definition) is 0. The van der Waals surface area contributed by atoms with Gasteiger partial charge in [-0.1, -0.05) is 246 Å². The lowest BCUT2D eigenvalue weighted by molar-refractivity contribution is 0.660. The van der Waals surface area contributed by atoms with Gasteiger partial charge < -0.3 is 0 Å². The predicted octanol–water partition coefficient (Wildman–Crippen LogP) is 22.6. The maximum absolute atomic E-state index is 2.49. The highest BCUT2D eigenvalue weighted by atomic mass is 14.4. The van der Waals surface area contributed by atoms with E-state index in [-0.39, 0.29) is 10.8 Å². The Morgan fingerprint density at radius 1 is 0.171 bits per heavy atom. The lowest BCUT2D eigenvalue weighted by Gasteiger charge is -2.24. The minimum atomic E-state index is -0.219. The zero-order valence-corrected chi connectivity index (χ0v) is 46.6. The fraction of sp³-hybridized carbons (Fsp3) is 0.0732. The maximum Gasteiger partial charge on any atom is 0.0159 e. The molecular weight excluding hydrogens is 985 g/mol. The standard InChI is InChI=1S/C82H58/c1-81(2)77-47-55(33-37-73(77)75-39-35-57(49-79(75)81)59-41-61(69-29-13-21-51-17-5-9-25-65(51)69)45-62(42-59)70-30-14-22-52-18-6-10-26-66(52)70)56-34-38-74-76-40-36-58(50-80(76)82(3,4)78(74)48-56)60-43-63(71-31-15-23-53-19-7-11-27-67(53)71)46-64(44-60)72-32-16-24-54-20-8-12-28-68(54)72/h5-50H,1-4H3. The molecule has 0 unspecified atom stereocenters. The van der Waals surface area contributed by atoms with E-state index in [4.69, 9.17) is 0 Å². The molecule has 16 rings (SSSR count). The van der Waals surface area contributed by atoms with E-state index in [2.05, 4.69) is 307 Å². The summed E-state index contributed by atoms with van der Waals surface area (Å²) in [5.41, 5.74) is 27.6. The van der Waals surface area contributed by atoms with Gasteiger partial charge in [0.15, 0.2) is 0 Å². The molecule has 82 heavy (non-hydrogen) atoms. The number of fused-ring (bicyclic) bond motifs is 10. The van der Waals surface area contributed by atoms with Crippen LogP contribution < -0.4 is 0 Å². The van der Waals surface area contributed by atoms with Gasteiger partial charge in [-0.25, -0.2) is 0 Å². The van der Waals surface area contributed by atoms with E-state index in [1.54, 1.807) is 0 Å². The number of benzene rings is 14. The normalized spacial score (nSPS) is 13.6. The minimum absolute atomic E-state index is 0.219. The molecule has 0 radical (unpaired) electrons. The van der Waals surface area contributed by atoms with E-state index < -0.39 is 0 Å². The molecule has 14 aromatic rings. The summed E-state index contributed by atoms with van der Waals surface area (Å²) < 4.78 is 0. The van der Waals surface area contributed by atoms with Crippen molar-refractivity contribution in [1.82, 2.24) is 0 Å². The Morgan fingerprint density at radius 3 is 0.659 bits per heavy atom. The van der Waals surface area contributed by atoms with Crippen molar-refractivity contribution in [2.45, 2.75) is 38.5 Å². The van der Waals surface area contributed by atoms with Crippen LogP contribution >= 0.6 is 0 Å². The Labute approximate surface area is 480 Å². The Bertz CT molecular complexity index is 4450. The van der Waals surface area contributed by atoms with Gasteiger partial charge in [0.2, 0.25) is 0 Å². The van der Waals surface area contributed by atoms with Crippen LogP contribution in [0.5, 0.6) is 0 Å². The quantitative estimate of drug-likeness (QED) is 0.149. The SMILES string of the molecule is CC1(C)c2cc(-c3cc(-c4cccc5ccccc45)cc(-c4cccc5ccccc45)c3)ccc2-c2ccc(-c3ccc4c(c3)C(C)(C)c3cc(-c5cc(-c6cccc7ccccc67)cc(-c6cccc7ccccc67)c5)ccc3-4)cc21. The molecule has 0 N–H and O–H groups in total. The molecule has 0 saturated carbocycles. The van der Waals surface area contributed by atoms with E-state index in [9.17, 15) is 0 Å². The molecule has 0 saturated heterocycles. The van der Waals surface area contributed by atoms with Crippen LogP contribution in [0.15, 0.2) is 279 Å². The summed E-state index contributed by atoms with van der Waals surface area (Å²) in [5, 5.41) is 10.1. The van der Waals surface area contributed by atoms with Crippen molar-refractivity contribution < 1.29 is 0 Å². The Kier molecular flexibility index (Phi) is 10.7. The number of rotatable bonds is 7. The van der Waals surface area contributed by atoms with Gasteiger partial charge in [-0.15, -0.1) is 0 Å². The summed E-state index contributed by atoms with van der Waals surface area (Å²) in [7, 11) is 0. The second-order valence-electron chi connectivity index (χ2n) is 24.0. The van der Waals surface area contributed by atoms with Gasteiger partial charge in [0.05, 0.1) is 0 Å². The fourth-order valence-electron chi connectivity index (χ4n) is 14.3. The predicted molar refractivity (Wildman–Crippen MR) is 350 cm³/mol. The fourth-order valence-corrected chi connectivity index (χ4v) is 14.3. The Morgan fingerprint density at radius 2 is 0.390 bits per heavy atom. The Balaban J connectivity index is 0.753. The largest absolute Gasteiger partial charge is 0.0616 e. The third-order valence-electron chi connectivity index (χ3n) is 18.6. The summed E-state index contributed by atoms with van der Waals surface area (Å²) in [6.07, 6.45) is 0. The van der Waals surface area contributed by atoms with Gasteiger partial charge in [-0.3, -0.25) is 0 Å². The number of hydrogen-bond donors (Lipinski definition) is 0. The van der Waals surface area contributed by atoms with Crippen molar-refractivity contribution in [3.05, 3.63) is 301 Å². The molecule has 0 heterocycles. The molecule has 0 aromatic heterocycles. The van der Waals surface area contributed by atoms with Crippen molar-refractivity contribution >= 4 is 43.1 Å². The van der Waals surface area contributed by atoms with E-state index >= 15 is 0 Å². The molecule has 0 spiro atoms. The van der Waals surface area contributed by atoms with E-state index in [0.717, 1.165) is 0 Å². The molecule has 0 nitrogen and oxygen atoms in total.